The van der Waals surface area contributed by atoms with Gasteiger partial charge in [0.2, 0.25) is 5.91 Å². The maximum atomic E-state index is 13.2. The second kappa shape index (κ2) is 7.36. The maximum absolute atomic E-state index is 13.2. The van der Waals surface area contributed by atoms with Gasteiger partial charge in [0.05, 0.1) is 12.6 Å². The van der Waals surface area contributed by atoms with Gasteiger partial charge < -0.3 is 4.90 Å². The summed E-state index contributed by atoms with van der Waals surface area (Å²) < 4.78 is 0. The molecule has 2 fully saturated rings. The predicted octanol–water partition coefficient (Wildman–Crippen LogP) is 4.79. The van der Waals surface area contributed by atoms with E-state index in [9.17, 15) is 4.79 Å². The van der Waals surface area contributed by atoms with E-state index in [-0.39, 0.29) is 17.4 Å². The average Bonchev–Trinajstić information content (AvgIpc) is 2.92. The molecular weight excluding hydrogens is 344 g/mol. The third-order valence-corrected chi connectivity index (χ3v) is 6.46. The molecule has 0 radical (unpaired) electrons. The van der Waals surface area contributed by atoms with Gasteiger partial charge >= 0.3 is 0 Å². The third-order valence-electron chi connectivity index (χ3n) is 6.46. The van der Waals surface area contributed by atoms with Crippen LogP contribution in [0.15, 0.2) is 60.7 Å². The fourth-order valence-electron chi connectivity index (χ4n) is 5.76. The summed E-state index contributed by atoms with van der Waals surface area (Å²) in [5.41, 5.74) is 2.99. The first-order valence-corrected chi connectivity index (χ1v) is 10.5. The van der Waals surface area contributed by atoms with Gasteiger partial charge in [-0.3, -0.25) is 10.1 Å². The fourth-order valence-corrected chi connectivity index (χ4v) is 5.76. The van der Waals surface area contributed by atoms with Crippen LogP contribution in [0, 0.1) is 10.8 Å². The van der Waals surface area contributed by atoms with Crippen LogP contribution in [0.3, 0.4) is 0 Å². The number of benzene rings is 2. The van der Waals surface area contributed by atoms with E-state index in [1.54, 1.807) is 0 Å². The van der Waals surface area contributed by atoms with E-state index in [2.05, 4.69) is 79.5 Å². The van der Waals surface area contributed by atoms with E-state index in [4.69, 9.17) is 0 Å². The molecular formula is C25H32N2O. The van der Waals surface area contributed by atoms with Crippen LogP contribution in [-0.4, -0.2) is 29.9 Å². The Morgan fingerprint density at radius 1 is 1.00 bits per heavy atom. The monoisotopic (exact) mass is 376 g/mol. The lowest BCUT2D eigenvalue weighted by Crippen LogP contribution is -2.43. The number of likely N-dealkylation sites (tertiary alicyclic amines) is 1. The smallest absolute Gasteiger partial charge is 0.236 e. The van der Waals surface area contributed by atoms with Crippen molar-refractivity contribution in [3.8, 4) is 0 Å². The van der Waals surface area contributed by atoms with Gasteiger partial charge in [-0.05, 0) is 41.2 Å². The van der Waals surface area contributed by atoms with Crippen LogP contribution < -0.4 is 5.32 Å². The molecule has 1 N–H and O–H groups in total. The van der Waals surface area contributed by atoms with E-state index in [1.165, 1.54) is 17.5 Å². The average molecular weight is 377 g/mol. The van der Waals surface area contributed by atoms with E-state index in [0.29, 0.717) is 18.0 Å². The largest absolute Gasteiger partial charge is 0.338 e. The number of carbonyl (C=O) groups is 1. The number of nitrogens with zero attached hydrogens (tertiary/aromatic N) is 1. The van der Waals surface area contributed by atoms with Crippen molar-refractivity contribution in [3.05, 3.63) is 71.8 Å². The fraction of sp³-hybridized carbons (Fsp3) is 0.480. The Bertz CT molecular complexity index is 777. The minimum absolute atomic E-state index is 0.0281. The zero-order chi connectivity index (χ0) is 19.8. The van der Waals surface area contributed by atoms with E-state index in [1.807, 2.05) is 12.1 Å². The zero-order valence-corrected chi connectivity index (χ0v) is 17.3. The molecule has 3 heteroatoms. The quantitative estimate of drug-likeness (QED) is 0.813. The van der Waals surface area contributed by atoms with Crippen molar-refractivity contribution in [2.24, 2.45) is 10.8 Å². The van der Waals surface area contributed by atoms with Gasteiger partial charge in [0.15, 0.2) is 0 Å². The van der Waals surface area contributed by atoms with Crippen LogP contribution in [0.2, 0.25) is 0 Å². The molecule has 1 aliphatic carbocycles. The highest BCUT2D eigenvalue weighted by molar-refractivity contribution is 5.79. The number of hydrogen-bond donors (Lipinski definition) is 1. The minimum atomic E-state index is 0.0281. The molecule has 0 spiro atoms. The van der Waals surface area contributed by atoms with Gasteiger partial charge in [0.25, 0.3) is 0 Å². The first-order valence-electron chi connectivity index (χ1n) is 10.5. The molecule has 0 aromatic heterocycles. The van der Waals surface area contributed by atoms with Gasteiger partial charge in [-0.25, -0.2) is 0 Å². The Kier molecular flexibility index (Phi) is 5.05. The number of rotatable bonds is 5. The lowest BCUT2D eigenvalue weighted by Gasteiger charge is -2.39. The molecule has 1 aliphatic heterocycles. The summed E-state index contributed by atoms with van der Waals surface area (Å²) in [6.45, 7) is 8.34. The van der Waals surface area contributed by atoms with Crippen LogP contribution >= 0.6 is 0 Å². The van der Waals surface area contributed by atoms with Gasteiger partial charge in [-0.2, -0.15) is 0 Å². The lowest BCUT2D eigenvalue weighted by atomic mass is 9.65. The summed E-state index contributed by atoms with van der Waals surface area (Å²) >= 11 is 0. The van der Waals surface area contributed by atoms with Crippen LogP contribution in [0.25, 0.3) is 0 Å². The predicted molar refractivity (Wildman–Crippen MR) is 114 cm³/mol. The Hall–Kier alpha value is -2.13. The van der Waals surface area contributed by atoms with Crippen LogP contribution in [-0.2, 0) is 4.79 Å². The summed E-state index contributed by atoms with van der Waals surface area (Å²) in [6, 6.07) is 21.2. The Morgan fingerprint density at radius 3 is 2.14 bits per heavy atom. The zero-order valence-electron chi connectivity index (χ0n) is 17.3. The van der Waals surface area contributed by atoms with E-state index >= 15 is 0 Å². The van der Waals surface area contributed by atoms with E-state index in [0.717, 1.165) is 19.4 Å². The number of carbonyl (C=O) groups excluding carboxylic acids is 1. The molecule has 2 bridgehead atoms. The Labute approximate surface area is 169 Å². The molecule has 148 valence electrons. The topological polar surface area (TPSA) is 32.3 Å². The molecule has 2 aliphatic rings. The molecule has 1 heterocycles. The first-order chi connectivity index (χ1) is 13.4. The third kappa shape index (κ3) is 4.00. The number of amides is 1. The summed E-state index contributed by atoms with van der Waals surface area (Å²) in [5, 5.41) is 3.55. The highest BCUT2D eigenvalue weighted by Crippen LogP contribution is 2.52. The normalized spacial score (nSPS) is 25.9. The standard InChI is InChI=1S/C25H32N2O/c1-24(2)14-21-15-25(3,17-24)18-27(21)22(28)16-26-23(19-10-6-4-7-11-19)20-12-8-5-9-13-20/h4-13,21,23,26H,14-18H2,1-3H3/t21-,25-/m1/s1. The summed E-state index contributed by atoms with van der Waals surface area (Å²) in [4.78, 5) is 15.3. The molecule has 0 unspecified atom stereocenters. The van der Waals surface area contributed by atoms with Crippen molar-refractivity contribution >= 4 is 5.91 Å². The molecule has 4 rings (SSSR count). The molecule has 3 nitrogen and oxygen atoms in total. The second-order valence-corrected chi connectivity index (χ2v) is 9.87. The van der Waals surface area contributed by atoms with Crippen LogP contribution in [0.5, 0.6) is 0 Å². The molecule has 2 aromatic carbocycles. The van der Waals surface area contributed by atoms with Crippen LogP contribution in [0.4, 0.5) is 0 Å². The van der Waals surface area contributed by atoms with Crippen molar-refractivity contribution < 1.29 is 4.79 Å². The van der Waals surface area contributed by atoms with Crippen molar-refractivity contribution in [2.75, 3.05) is 13.1 Å². The molecule has 2 atom stereocenters. The lowest BCUT2D eigenvalue weighted by molar-refractivity contribution is -0.131. The minimum Gasteiger partial charge on any atom is -0.338 e. The highest BCUT2D eigenvalue weighted by atomic mass is 16.2. The van der Waals surface area contributed by atoms with Crippen LogP contribution in [0.1, 0.15) is 57.2 Å². The van der Waals surface area contributed by atoms with Crippen molar-refractivity contribution in [1.82, 2.24) is 10.2 Å². The molecule has 1 saturated heterocycles. The Morgan fingerprint density at radius 2 is 1.57 bits per heavy atom. The number of nitrogens with one attached hydrogen (secondary N) is 1. The van der Waals surface area contributed by atoms with Crippen molar-refractivity contribution in [3.63, 3.8) is 0 Å². The van der Waals surface area contributed by atoms with E-state index < -0.39 is 0 Å². The maximum Gasteiger partial charge on any atom is 0.236 e. The number of fused-ring (bicyclic) bond motifs is 2. The molecule has 28 heavy (non-hydrogen) atoms. The summed E-state index contributed by atoms with van der Waals surface area (Å²) in [6.07, 6.45) is 3.49. The van der Waals surface area contributed by atoms with Gasteiger partial charge in [-0.1, -0.05) is 81.4 Å². The van der Waals surface area contributed by atoms with Crippen molar-refractivity contribution in [2.45, 2.75) is 52.1 Å². The van der Waals surface area contributed by atoms with Gasteiger partial charge in [0, 0.05) is 12.6 Å². The summed E-state index contributed by atoms with van der Waals surface area (Å²) in [5.74, 6) is 0.239. The van der Waals surface area contributed by atoms with Crippen molar-refractivity contribution in [1.29, 1.82) is 0 Å². The highest BCUT2D eigenvalue weighted by Gasteiger charge is 2.50. The Balaban J connectivity index is 1.48. The SMILES string of the molecule is CC1(C)C[C@@H]2C[C@@](C)(CN2C(=O)CNC(c2ccccc2)c2ccccc2)C1. The molecule has 2 aromatic rings. The van der Waals surface area contributed by atoms with Gasteiger partial charge in [0.1, 0.15) is 0 Å². The molecule has 1 saturated carbocycles. The molecule has 1 amide bonds. The number of hydrogen-bond acceptors (Lipinski definition) is 2. The second-order valence-electron chi connectivity index (χ2n) is 9.87. The first kappa shape index (κ1) is 19.2. The summed E-state index contributed by atoms with van der Waals surface area (Å²) in [7, 11) is 0. The van der Waals surface area contributed by atoms with Gasteiger partial charge in [-0.15, -0.1) is 0 Å².